The van der Waals surface area contributed by atoms with E-state index in [0.29, 0.717) is 15.9 Å². The molecular weight excluding hydrogens is 227 g/mol. The standard InChI is InChI=1S/C8H4Cl2N2O2/c9-4-2-1-3-6(5(4)10)11-12-7(3)8(13)14/h1-2H,(H,11,12)(H,13,14). The number of benzene rings is 1. The van der Waals surface area contributed by atoms with Gasteiger partial charge in [0.05, 0.1) is 15.6 Å². The summed E-state index contributed by atoms with van der Waals surface area (Å²) in [7, 11) is 0. The lowest BCUT2D eigenvalue weighted by Gasteiger charge is -1.95. The van der Waals surface area contributed by atoms with Crippen LogP contribution in [0.3, 0.4) is 0 Å². The van der Waals surface area contributed by atoms with Gasteiger partial charge in [0.25, 0.3) is 0 Å². The second-order valence-corrected chi connectivity index (χ2v) is 3.45. The van der Waals surface area contributed by atoms with Crippen LogP contribution in [0.2, 0.25) is 10.0 Å². The third kappa shape index (κ3) is 1.23. The maximum absolute atomic E-state index is 10.7. The summed E-state index contributed by atoms with van der Waals surface area (Å²) in [5.41, 5.74) is 0.384. The highest BCUT2D eigenvalue weighted by atomic mass is 35.5. The fourth-order valence-electron chi connectivity index (χ4n) is 1.19. The van der Waals surface area contributed by atoms with Gasteiger partial charge in [0.1, 0.15) is 0 Å². The van der Waals surface area contributed by atoms with Crippen LogP contribution in [0.4, 0.5) is 0 Å². The van der Waals surface area contributed by atoms with Crippen molar-refractivity contribution in [2.24, 2.45) is 0 Å². The first-order chi connectivity index (χ1) is 6.61. The minimum absolute atomic E-state index is 0.0569. The Morgan fingerprint density at radius 3 is 2.79 bits per heavy atom. The van der Waals surface area contributed by atoms with Gasteiger partial charge in [-0.1, -0.05) is 23.2 Å². The molecule has 0 aliphatic carbocycles. The van der Waals surface area contributed by atoms with Crippen LogP contribution in [0.5, 0.6) is 0 Å². The van der Waals surface area contributed by atoms with Crippen LogP contribution in [-0.4, -0.2) is 21.3 Å². The minimum Gasteiger partial charge on any atom is -0.476 e. The second kappa shape index (κ2) is 3.15. The number of hydrogen-bond acceptors (Lipinski definition) is 2. The molecule has 2 rings (SSSR count). The molecule has 72 valence electrons. The van der Waals surface area contributed by atoms with Crippen LogP contribution < -0.4 is 0 Å². The fraction of sp³-hybridized carbons (Fsp3) is 0. The number of carboxylic acids is 1. The van der Waals surface area contributed by atoms with Crippen LogP contribution in [0, 0.1) is 0 Å². The number of aromatic amines is 1. The van der Waals surface area contributed by atoms with Crippen LogP contribution >= 0.6 is 23.2 Å². The van der Waals surface area contributed by atoms with Gasteiger partial charge < -0.3 is 5.11 Å². The molecule has 0 aliphatic heterocycles. The van der Waals surface area contributed by atoms with E-state index in [1.165, 1.54) is 6.07 Å². The van der Waals surface area contributed by atoms with E-state index in [9.17, 15) is 4.79 Å². The van der Waals surface area contributed by atoms with Gasteiger partial charge in [0.2, 0.25) is 0 Å². The Labute approximate surface area is 88.4 Å². The molecule has 0 spiro atoms. The molecule has 0 amide bonds. The molecule has 1 aromatic heterocycles. The molecule has 6 heteroatoms. The summed E-state index contributed by atoms with van der Waals surface area (Å²) in [4.78, 5) is 10.7. The molecule has 0 bridgehead atoms. The van der Waals surface area contributed by atoms with Crippen molar-refractivity contribution in [3.8, 4) is 0 Å². The van der Waals surface area contributed by atoms with Crippen molar-refractivity contribution in [1.29, 1.82) is 0 Å². The number of aromatic carboxylic acids is 1. The zero-order chi connectivity index (χ0) is 10.3. The van der Waals surface area contributed by atoms with Gasteiger partial charge in [0, 0.05) is 5.39 Å². The molecule has 4 nitrogen and oxygen atoms in total. The van der Waals surface area contributed by atoms with Gasteiger partial charge in [-0.25, -0.2) is 4.79 Å². The van der Waals surface area contributed by atoms with Crippen LogP contribution in [0.15, 0.2) is 12.1 Å². The van der Waals surface area contributed by atoms with E-state index in [2.05, 4.69) is 10.2 Å². The largest absolute Gasteiger partial charge is 0.476 e. The van der Waals surface area contributed by atoms with Crippen molar-refractivity contribution in [2.45, 2.75) is 0 Å². The summed E-state index contributed by atoms with van der Waals surface area (Å²) >= 11 is 11.6. The lowest BCUT2D eigenvalue weighted by molar-refractivity contribution is 0.0692. The van der Waals surface area contributed by atoms with E-state index in [0.717, 1.165) is 0 Å². The highest BCUT2D eigenvalue weighted by Gasteiger charge is 2.15. The molecule has 0 unspecified atom stereocenters. The smallest absolute Gasteiger partial charge is 0.357 e. The van der Waals surface area contributed by atoms with Crippen molar-refractivity contribution < 1.29 is 9.90 Å². The number of rotatable bonds is 1. The number of carbonyl (C=O) groups is 1. The Morgan fingerprint density at radius 2 is 2.14 bits per heavy atom. The lowest BCUT2D eigenvalue weighted by atomic mass is 10.2. The number of nitrogens with zero attached hydrogens (tertiary/aromatic N) is 1. The molecule has 2 aromatic rings. The minimum atomic E-state index is -1.10. The van der Waals surface area contributed by atoms with Gasteiger partial charge in [-0.3, -0.25) is 5.10 Å². The van der Waals surface area contributed by atoms with Gasteiger partial charge in [-0.2, -0.15) is 5.10 Å². The summed E-state index contributed by atoms with van der Waals surface area (Å²) in [6.07, 6.45) is 0. The van der Waals surface area contributed by atoms with Gasteiger partial charge in [-0.15, -0.1) is 0 Å². The topological polar surface area (TPSA) is 66.0 Å². The second-order valence-electron chi connectivity index (χ2n) is 2.66. The lowest BCUT2D eigenvalue weighted by Crippen LogP contribution is -1.96. The van der Waals surface area contributed by atoms with Gasteiger partial charge >= 0.3 is 5.97 Å². The third-order valence-corrected chi connectivity index (χ3v) is 2.64. The highest BCUT2D eigenvalue weighted by Crippen LogP contribution is 2.30. The number of halogens is 2. The Balaban J connectivity index is 2.83. The number of fused-ring (bicyclic) bond motifs is 1. The van der Waals surface area contributed by atoms with E-state index in [1.54, 1.807) is 6.07 Å². The Bertz CT molecular complexity index is 521. The molecule has 2 N–H and O–H groups in total. The summed E-state index contributed by atoms with van der Waals surface area (Å²) in [6.45, 7) is 0. The summed E-state index contributed by atoms with van der Waals surface area (Å²) in [6, 6.07) is 3.10. The predicted molar refractivity (Wildman–Crippen MR) is 53.1 cm³/mol. The monoisotopic (exact) mass is 230 g/mol. The van der Waals surface area contributed by atoms with Crippen molar-refractivity contribution in [3.05, 3.63) is 27.9 Å². The summed E-state index contributed by atoms with van der Waals surface area (Å²) < 4.78 is 0. The van der Waals surface area contributed by atoms with E-state index < -0.39 is 5.97 Å². The highest BCUT2D eigenvalue weighted by molar-refractivity contribution is 6.45. The first kappa shape index (κ1) is 9.30. The molecule has 0 saturated carbocycles. The average Bonchev–Trinajstić information content (AvgIpc) is 2.55. The first-order valence-corrected chi connectivity index (χ1v) is 4.42. The van der Waals surface area contributed by atoms with E-state index in [4.69, 9.17) is 28.3 Å². The van der Waals surface area contributed by atoms with Gasteiger partial charge in [0.15, 0.2) is 5.69 Å². The number of carboxylic acid groups (broad SMARTS) is 1. The van der Waals surface area contributed by atoms with E-state index in [1.807, 2.05) is 0 Å². The maximum atomic E-state index is 10.7. The van der Waals surface area contributed by atoms with Crippen molar-refractivity contribution in [2.75, 3.05) is 0 Å². The molecule has 0 radical (unpaired) electrons. The molecule has 14 heavy (non-hydrogen) atoms. The zero-order valence-electron chi connectivity index (χ0n) is 6.71. The molecule has 1 aromatic carbocycles. The van der Waals surface area contributed by atoms with Crippen LogP contribution in [-0.2, 0) is 0 Å². The molecule has 0 saturated heterocycles. The SMILES string of the molecule is O=C(O)c1n[nH]c2c(Cl)c(Cl)ccc12. The Hall–Kier alpha value is -1.26. The Morgan fingerprint density at radius 1 is 1.43 bits per heavy atom. The van der Waals surface area contributed by atoms with Crippen LogP contribution in [0.1, 0.15) is 10.5 Å². The molecule has 0 fully saturated rings. The maximum Gasteiger partial charge on any atom is 0.357 e. The molecule has 0 atom stereocenters. The quantitative estimate of drug-likeness (QED) is 0.792. The number of nitrogens with one attached hydrogen (secondary N) is 1. The molecular formula is C8H4Cl2N2O2. The normalized spacial score (nSPS) is 10.7. The third-order valence-electron chi connectivity index (χ3n) is 1.83. The van der Waals surface area contributed by atoms with Crippen molar-refractivity contribution in [3.63, 3.8) is 0 Å². The van der Waals surface area contributed by atoms with Crippen LogP contribution in [0.25, 0.3) is 10.9 Å². The summed E-state index contributed by atoms with van der Waals surface area (Å²) in [5.74, 6) is -1.10. The number of aromatic nitrogens is 2. The number of H-pyrrole nitrogens is 1. The predicted octanol–water partition coefficient (Wildman–Crippen LogP) is 2.57. The fourth-order valence-corrected chi connectivity index (χ4v) is 1.56. The number of hydrogen-bond donors (Lipinski definition) is 2. The average molecular weight is 231 g/mol. The Kier molecular flexibility index (Phi) is 2.09. The van der Waals surface area contributed by atoms with E-state index >= 15 is 0 Å². The molecule has 0 aliphatic rings. The van der Waals surface area contributed by atoms with Crippen molar-refractivity contribution >= 4 is 40.1 Å². The first-order valence-electron chi connectivity index (χ1n) is 3.66. The van der Waals surface area contributed by atoms with E-state index in [-0.39, 0.29) is 10.7 Å². The zero-order valence-corrected chi connectivity index (χ0v) is 8.23. The van der Waals surface area contributed by atoms with Gasteiger partial charge in [-0.05, 0) is 12.1 Å². The van der Waals surface area contributed by atoms with Crippen molar-refractivity contribution in [1.82, 2.24) is 10.2 Å². The summed E-state index contributed by atoms with van der Waals surface area (Å²) in [5, 5.41) is 16.0. The molecule has 1 heterocycles.